The molecule has 5 nitrogen and oxygen atoms in total. The number of methoxy groups -OCH3 is 1. The van der Waals surface area contributed by atoms with Crippen LogP contribution in [-0.4, -0.2) is 36.2 Å². The number of nitrogens with zero attached hydrogens (tertiary/aromatic N) is 3. The summed E-state index contributed by atoms with van der Waals surface area (Å²) in [4.78, 5) is 10.9. The molecule has 0 spiro atoms. The number of hydrogen-bond acceptors (Lipinski definition) is 5. The normalized spacial score (nSPS) is 24.8. The first-order valence-corrected chi connectivity index (χ1v) is 6.10. The van der Waals surface area contributed by atoms with E-state index >= 15 is 0 Å². The van der Waals surface area contributed by atoms with E-state index in [0.717, 1.165) is 18.9 Å². The monoisotopic (exact) mass is 236 g/mol. The predicted molar refractivity (Wildman–Crippen MR) is 67.2 cm³/mol. The molecule has 1 aliphatic rings. The molecule has 2 N–H and O–H groups in total. The molecule has 2 unspecified atom stereocenters. The first-order valence-electron chi connectivity index (χ1n) is 6.10. The Morgan fingerprint density at radius 3 is 3.12 bits per heavy atom. The largest absolute Gasteiger partial charge is 0.481 e. The second kappa shape index (κ2) is 5.31. The van der Waals surface area contributed by atoms with Crippen molar-refractivity contribution in [1.29, 1.82) is 0 Å². The first kappa shape index (κ1) is 12.1. The Morgan fingerprint density at radius 1 is 1.59 bits per heavy atom. The fourth-order valence-electron chi connectivity index (χ4n) is 2.44. The minimum Gasteiger partial charge on any atom is -0.481 e. The lowest BCUT2D eigenvalue weighted by atomic mass is 9.91. The molecule has 0 amide bonds. The Hall–Kier alpha value is -1.36. The minimum absolute atomic E-state index is 0.329. The fraction of sp³-hybridized carbons (Fsp3) is 0.667. The topological polar surface area (TPSA) is 64.3 Å². The van der Waals surface area contributed by atoms with Gasteiger partial charge in [-0.25, -0.2) is 4.98 Å². The molecule has 2 rings (SSSR count). The summed E-state index contributed by atoms with van der Waals surface area (Å²) in [6.45, 7) is 3.85. The molecule has 2 heterocycles. The van der Waals surface area contributed by atoms with Crippen molar-refractivity contribution in [3.8, 4) is 5.88 Å². The summed E-state index contributed by atoms with van der Waals surface area (Å²) < 4.78 is 5.13. The van der Waals surface area contributed by atoms with Gasteiger partial charge in [-0.1, -0.05) is 6.92 Å². The van der Waals surface area contributed by atoms with E-state index in [9.17, 15) is 0 Å². The maximum absolute atomic E-state index is 5.86. The van der Waals surface area contributed by atoms with Gasteiger partial charge in [-0.15, -0.1) is 0 Å². The number of nitrogens with two attached hydrogens (primary N) is 1. The molecule has 1 aromatic heterocycles. The van der Waals surface area contributed by atoms with E-state index in [0.29, 0.717) is 24.4 Å². The van der Waals surface area contributed by atoms with Gasteiger partial charge in [0.25, 0.3) is 0 Å². The van der Waals surface area contributed by atoms with E-state index in [-0.39, 0.29) is 0 Å². The van der Waals surface area contributed by atoms with Crippen LogP contribution in [0.15, 0.2) is 12.3 Å². The van der Waals surface area contributed by atoms with Crippen LogP contribution >= 0.6 is 0 Å². The fourth-order valence-corrected chi connectivity index (χ4v) is 2.44. The van der Waals surface area contributed by atoms with E-state index in [4.69, 9.17) is 10.5 Å². The van der Waals surface area contributed by atoms with Gasteiger partial charge in [0.2, 0.25) is 11.8 Å². The lowest BCUT2D eigenvalue weighted by Crippen LogP contribution is -2.49. The highest BCUT2D eigenvalue weighted by molar-refractivity contribution is 5.34. The van der Waals surface area contributed by atoms with Gasteiger partial charge in [0, 0.05) is 31.4 Å². The van der Waals surface area contributed by atoms with Gasteiger partial charge in [-0.05, 0) is 18.8 Å². The Labute approximate surface area is 102 Å². The van der Waals surface area contributed by atoms with E-state index in [1.807, 2.05) is 0 Å². The number of aromatic nitrogens is 2. The van der Waals surface area contributed by atoms with E-state index < -0.39 is 0 Å². The van der Waals surface area contributed by atoms with Gasteiger partial charge in [0.1, 0.15) is 0 Å². The first-order chi connectivity index (χ1) is 8.26. The van der Waals surface area contributed by atoms with Crippen LogP contribution in [0, 0.1) is 5.92 Å². The van der Waals surface area contributed by atoms with Crippen molar-refractivity contribution in [1.82, 2.24) is 9.97 Å². The summed E-state index contributed by atoms with van der Waals surface area (Å²) >= 11 is 0. The highest BCUT2D eigenvalue weighted by Gasteiger charge is 2.29. The number of rotatable bonds is 3. The van der Waals surface area contributed by atoms with Gasteiger partial charge in [-0.2, -0.15) is 4.98 Å². The zero-order valence-corrected chi connectivity index (χ0v) is 10.5. The van der Waals surface area contributed by atoms with Gasteiger partial charge >= 0.3 is 0 Å². The van der Waals surface area contributed by atoms with Crippen LogP contribution in [0.25, 0.3) is 0 Å². The molecule has 5 heteroatoms. The summed E-state index contributed by atoms with van der Waals surface area (Å²) in [5.41, 5.74) is 5.86. The zero-order chi connectivity index (χ0) is 12.3. The van der Waals surface area contributed by atoms with Crippen molar-refractivity contribution in [2.45, 2.75) is 25.8 Å². The van der Waals surface area contributed by atoms with Gasteiger partial charge in [0.15, 0.2) is 0 Å². The van der Waals surface area contributed by atoms with Crippen molar-refractivity contribution in [2.75, 3.05) is 25.1 Å². The Bertz CT molecular complexity index is 371. The minimum atomic E-state index is 0.329. The lowest BCUT2D eigenvalue weighted by molar-refractivity contribution is 0.343. The third-order valence-electron chi connectivity index (χ3n) is 3.44. The van der Waals surface area contributed by atoms with Crippen molar-refractivity contribution in [3.05, 3.63) is 12.3 Å². The smallest absolute Gasteiger partial charge is 0.228 e. The maximum atomic E-state index is 5.86. The van der Waals surface area contributed by atoms with Crippen LogP contribution in [0.1, 0.15) is 19.8 Å². The third kappa shape index (κ3) is 2.49. The summed E-state index contributed by atoms with van der Waals surface area (Å²) in [7, 11) is 1.62. The molecular formula is C12H20N4O. The van der Waals surface area contributed by atoms with Crippen molar-refractivity contribution >= 4 is 5.95 Å². The van der Waals surface area contributed by atoms with E-state index in [2.05, 4.69) is 21.8 Å². The van der Waals surface area contributed by atoms with Crippen LogP contribution in [0.2, 0.25) is 0 Å². The van der Waals surface area contributed by atoms with Crippen molar-refractivity contribution < 1.29 is 4.74 Å². The van der Waals surface area contributed by atoms with Crippen LogP contribution < -0.4 is 15.4 Å². The van der Waals surface area contributed by atoms with Gasteiger partial charge < -0.3 is 15.4 Å². The van der Waals surface area contributed by atoms with Crippen LogP contribution in [-0.2, 0) is 0 Å². The molecule has 1 fully saturated rings. The van der Waals surface area contributed by atoms with Crippen LogP contribution in [0.3, 0.4) is 0 Å². The molecule has 1 aromatic rings. The number of piperidine rings is 1. The van der Waals surface area contributed by atoms with Crippen molar-refractivity contribution in [3.63, 3.8) is 0 Å². The summed E-state index contributed by atoms with van der Waals surface area (Å²) in [5.74, 6) is 1.92. The molecule has 17 heavy (non-hydrogen) atoms. The molecule has 0 saturated carbocycles. The summed E-state index contributed by atoms with van der Waals surface area (Å²) in [6.07, 6.45) is 4.12. The standard InChI is InChI=1S/C12H20N4O/c1-9-4-3-7-16(10(9)8-13)12-14-6-5-11(15-12)17-2/h5-6,9-10H,3-4,7-8,13H2,1-2H3. The highest BCUT2D eigenvalue weighted by atomic mass is 16.5. The third-order valence-corrected chi connectivity index (χ3v) is 3.44. The molecule has 0 bridgehead atoms. The average molecular weight is 236 g/mol. The second-order valence-corrected chi connectivity index (χ2v) is 4.51. The number of ether oxygens (including phenoxy) is 1. The van der Waals surface area contributed by atoms with E-state index in [1.54, 1.807) is 19.4 Å². The van der Waals surface area contributed by atoms with E-state index in [1.165, 1.54) is 6.42 Å². The molecule has 0 radical (unpaired) electrons. The predicted octanol–water partition coefficient (Wildman–Crippen LogP) is 1.05. The molecule has 0 aliphatic carbocycles. The Balaban J connectivity index is 2.23. The Morgan fingerprint density at radius 2 is 2.41 bits per heavy atom. The maximum Gasteiger partial charge on any atom is 0.228 e. The SMILES string of the molecule is COc1ccnc(N2CCCC(C)C2CN)n1. The van der Waals surface area contributed by atoms with Gasteiger partial charge in [-0.3, -0.25) is 0 Å². The van der Waals surface area contributed by atoms with Crippen molar-refractivity contribution in [2.24, 2.45) is 11.7 Å². The molecule has 0 aromatic carbocycles. The molecule has 1 aliphatic heterocycles. The molecule has 2 atom stereocenters. The summed E-state index contributed by atoms with van der Waals surface area (Å²) in [6, 6.07) is 2.09. The molecular weight excluding hydrogens is 216 g/mol. The molecule has 1 saturated heterocycles. The highest BCUT2D eigenvalue weighted by Crippen LogP contribution is 2.26. The number of anilines is 1. The summed E-state index contributed by atoms with van der Waals surface area (Å²) in [5, 5.41) is 0. The van der Waals surface area contributed by atoms with Crippen LogP contribution in [0.5, 0.6) is 5.88 Å². The number of hydrogen-bond donors (Lipinski definition) is 1. The van der Waals surface area contributed by atoms with Crippen LogP contribution in [0.4, 0.5) is 5.95 Å². The average Bonchev–Trinajstić information content (AvgIpc) is 2.38. The lowest BCUT2D eigenvalue weighted by Gasteiger charge is -2.39. The quantitative estimate of drug-likeness (QED) is 0.849. The second-order valence-electron chi connectivity index (χ2n) is 4.51. The zero-order valence-electron chi connectivity index (χ0n) is 10.5. The Kier molecular flexibility index (Phi) is 3.78. The molecule has 94 valence electrons. The van der Waals surface area contributed by atoms with Gasteiger partial charge in [0.05, 0.1) is 7.11 Å².